The molecule has 0 atom stereocenters. The third kappa shape index (κ3) is 2.77. The molecule has 0 aliphatic carbocycles. The molecular weight excluding hydrogens is 270 g/mol. The van der Waals surface area contributed by atoms with E-state index in [0.717, 1.165) is 24.4 Å². The SMILES string of the molecule is O=C(Nc1cnccc1C(=O)O)c1cc(F)ccc1F. The van der Waals surface area contributed by atoms with Crippen molar-refractivity contribution in [1.29, 1.82) is 0 Å². The molecule has 20 heavy (non-hydrogen) atoms. The lowest BCUT2D eigenvalue weighted by atomic mass is 10.1. The maximum atomic E-state index is 13.4. The number of nitrogens with zero attached hydrogens (tertiary/aromatic N) is 1. The fourth-order valence-corrected chi connectivity index (χ4v) is 1.54. The number of carboxylic acids is 1. The first-order valence-electron chi connectivity index (χ1n) is 5.42. The number of rotatable bonds is 3. The Morgan fingerprint density at radius 2 is 1.90 bits per heavy atom. The highest BCUT2D eigenvalue weighted by atomic mass is 19.1. The highest BCUT2D eigenvalue weighted by Gasteiger charge is 2.16. The Balaban J connectivity index is 2.33. The number of aromatic nitrogens is 1. The van der Waals surface area contributed by atoms with E-state index in [1.54, 1.807) is 0 Å². The normalized spacial score (nSPS) is 10.1. The van der Waals surface area contributed by atoms with E-state index in [-0.39, 0.29) is 11.3 Å². The van der Waals surface area contributed by atoms with Crippen molar-refractivity contribution in [2.75, 3.05) is 5.32 Å². The molecule has 7 heteroatoms. The van der Waals surface area contributed by atoms with Crippen molar-refractivity contribution in [3.63, 3.8) is 0 Å². The van der Waals surface area contributed by atoms with Gasteiger partial charge in [0.05, 0.1) is 23.0 Å². The van der Waals surface area contributed by atoms with Crippen molar-refractivity contribution in [3.8, 4) is 0 Å². The van der Waals surface area contributed by atoms with Gasteiger partial charge in [-0.1, -0.05) is 0 Å². The number of amides is 1. The Labute approximate surface area is 111 Å². The highest BCUT2D eigenvalue weighted by Crippen LogP contribution is 2.16. The van der Waals surface area contributed by atoms with E-state index in [4.69, 9.17) is 5.11 Å². The summed E-state index contributed by atoms with van der Waals surface area (Å²) in [7, 11) is 0. The summed E-state index contributed by atoms with van der Waals surface area (Å²) in [6.07, 6.45) is 2.35. The number of carbonyl (C=O) groups is 2. The Morgan fingerprint density at radius 1 is 1.15 bits per heavy atom. The van der Waals surface area contributed by atoms with Gasteiger partial charge in [-0.3, -0.25) is 9.78 Å². The van der Waals surface area contributed by atoms with Crippen LogP contribution in [-0.2, 0) is 0 Å². The number of aromatic carboxylic acids is 1. The molecule has 2 rings (SSSR count). The summed E-state index contributed by atoms with van der Waals surface area (Å²) in [5.74, 6) is -3.93. The maximum absolute atomic E-state index is 13.4. The second-order valence-electron chi connectivity index (χ2n) is 3.80. The zero-order chi connectivity index (χ0) is 14.7. The van der Waals surface area contributed by atoms with Crippen LogP contribution in [0.4, 0.5) is 14.5 Å². The molecular formula is C13H8F2N2O3. The van der Waals surface area contributed by atoms with Crippen LogP contribution in [0.25, 0.3) is 0 Å². The van der Waals surface area contributed by atoms with E-state index in [2.05, 4.69) is 10.3 Å². The first-order chi connectivity index (χ1) is 9.49. The lowest BCUT2D eigenvalue weighted by Crippen LogP contribution is -2.16. The molecule has 102 valence electrons. The van der Waals surface area contributed by atoms with Gasteiger partial charge in [0.1, 0.15) is 11.6 Å². The van der Waals surface area contributed by atoms with E-state index in [9.17, 15) is 18.4 Å². The average Bonchev–Trinajstić information content (AvgIpc) is 2.41. The van der Waals surface area contributed by atoms with Crippen molar-refractivity contribution < 1.29 is 23.5 Å². The number of hydrogen-bond donors (Lipinski definition) is 2. The zero-order valence-electron chi connectivity index (χ0n) is 9.93. The quantitative estimate of drug-likeness (QED) is 0.903. The van der Waals surface area contributed by atoms with Gasteiger partial charge in [0, 0.05) is 6.20 Å². The van der Waals surface area contributed by atoms with E-state index in [0.29, 0.717) is 0 Å². The van der Waals surface area contributed by atoms with E-state index in [1.807, 2.05) is 0 Å². The molecule has 0 aliphatic rings. The number of nitrogens with one attached hydrogen (secondary N) is 1. The summed E-state index contributed by atoms with van der Waals surface area (Å²) < 4.78 is 26.4. The molecule has 0 saturated heterocycles. The molecule has 0 aliphatic heterocycles. The fraction of sp³-hybridized carbons (Fsp3) is 0. The van der Waals surface area contributed by atoms with Crippen LogP contribution in [0.3, 0.4) is 0 Å². The number of hydrogen-bond acceptors (Lipinski definition) is 3. The molecule has 0 unspecified atom stereocenters. The van der Waals surface area contributed by atoms with Gasteiger partial charge >= 0.3 is 5.97 Å². The van der Waals surface area contributed by atoms with Gasteiger partial charge in [0.2, 0.25) is 0 Å². The average molecular weight is 278 g/mol. The van der Waals surface area contributed by atoms with Crippen LogP contribution in [0.15, 0.2) is 36.7 Å². The number of halogens is 2. The minimum absolute atomic E-state index is 0.103. The van der Waals surface area contributed by atoms with Crippen LogP contribution in [0.2, 0.25) is 0 Å². The van der Waals surface area contributed by atoms with Crippen molar-refractivity contribution in [2.24, 2.45) is 0 Å². The van der Waals surface area contributed by atoms with Crippen LogP contribution in [-0.4, -0.2) is 22.0 Å². The molecule has 2 aromatic rings. The predicted octanol–water partition coefficient (Wildman–Crippen LogP) is 2.31. The summed E-state index contributed by atoms with van der Waals surface area (Å²) in [6.45, 7) is 0. The molecule has 1 heterocycles. The molecule has 0 saturated carbocycles. The van der Waals surface area contributed by atoms with Gasteiger partial charge in [0.15, 0.2) is 0 Å². The molecule has 1 aromatic carbocycles. The van der Waals surface area contributed by atoms with E-state index >= 15 is 0 Å². The molecule has 0 spiro atoms. The summed E-state index contributed by atoms with van der Waals surface area (Å²) >= 11 is 0. The summed E-state index contributed by atoms with van der Waals surface area (Å²) in [6, 6.07) is 3.59. The minimum atomic E-state index is -1.28. The summed E-state index contributed by atoms with van der Waals surface area (Å²) in [5.41, 5.74) is -0.830. The summed E-state index contributed by atoms with van der Waals surface area (Å²) in [4.78, 5) is 26.4. The van der Waals surface area contributed by atoms with E-state index < -0.39 is 29.1 Å². The van der Waals surface area contributed by atoms with Crippen molar-refractivity contribution in [3.05, 3.63) is 59.4 Å². The number of carboxylic acid groups (broad SMARTS) is 1. The molecule has 5 nitrogen and oxygen atoms in total. The molecule has 0 radical (unpaired) electrons. The van der Waals surface area contributed by atoms with Crippen LogP contribution in [0.5, 0.6) is 0 Å². The molecule has 1 aromatic heterocycles. The van der Waals surface area contributed by atoms with Crippen molar-refractivity contribution in [2.45, 2.75) is 0 Å². The maximum Gasteiger partial charge on any atom is 0.337 e. The third-order valence-corrected chi connectivity index (χ3v) is 2.47. The van der Waals surface area contributed by atoms with Gasteiger partial charge in [-0.15, -0.1) is 0 Å². The number of anilines is 1. The second kappa shape index (κ2) is 5.43. The number of carbonyl (C=O) groups excluding carboxylic acids is 1. The van der Waals surface area contributed by atoms with Crippen LogP contribution in [0, 0.1) is 11.6 Å². The van der Waals surface area contributed by atoms with Crippen LogP contribution >= 0.6 is 0 Å². The van der Waals surface area contributed by atoms with Crippen LogP contribution < -0.4 is 5.32 Å². The lowest BCUT2D eigenvalue weighted by Gasteiger charge is -2.08. The Hall–Kier alpha value is -2.83. The van der Waals surface area contributed by atoms with Gasteiger partial charge in [-0.05, 0) is 24.3 Å². The van der Waals surface area contributed by atoms with Crippen molar-refractivity contribution >= 4 is 17.6 Å². The molecule has 2 N–H and O–H groups in total. The van der Waals surface area contributed by atoms with Gasteiger partial charge in [0.25, 0.3) is 5.91 Å². The Morgan fingerprint density at radius 3 is 2.60 bits per heavy atom. The Bertz CT molecular complexity index is 689. The third-order valence-electron chi connectivity index (χ3n) is 2.47. The standard InChI is InChI=1S/C13H8F2N2O3/c14-7-1-2-10(15)9(5-7)12(18)17-11-6-16-4-3-8(11)13(19)20/h1-6H,(H,17,18)(H,19,20). The second-order valence-corrected chi connectivity index (χ2v) is 3.80. The first-order valence-corrected chi connectivity index (χ1v) is 5.42. The zero-order valence-corrected chi connectivity index (χ0v) is 9.93. The smallest absolute Gasteiger partial charge is 0.337 e. The summed E-state index contributed by atoms with van der Waals surface area (Å²) in [5, 5.41) is 11.1. The van der Waals surface area contributed by atoms with E-state index in [1.165, 1.54) is 12.3 Å². The van der Waals surface area contributed by atoms with Gasteiger partial charge < -0.3 is 10.4 Å². The largest absolute Gasteiger partial charge is 0.478 e. The molecule has 1 amide bonds. The fourth-order valence-electron chi connectivity index (χ4n) is 1.54. The number of pyridine rings is 1. The Kier molecular flexibility index (Phi) is 3.69. The topological polar surface area (TPSA) is 79.3 Å². The number of benzene rings is 1. The molecule has 0 bridgehead atoms. The van der Waals surface area contributed by atoms with Crippen molar-refractivity contribution in [1.82, 2.24) is 4.98 Å². The first kappa shape index (κ1) is 13.6. The van der Waals surface area contributed by atoms with Crippen LogP contribution in [0.1, 0.15) is 20.7 Å². The monoisotopic (exact) mass is 278 g/mol. The highest BCUT2D eigenvalue weighted by molar-refractivity contribution is 6.07. The predicted molar refractivity (Wildman–Crippen MR) is 65.5 cm³/mol. The van der Waals surface area contributed by atoms with Gasteiger partial charge in [-0.25, -0.2) is 13.6 Å². The minimum Gasteiger partial charge on any atom is -0.478 e. The molecule has 0 fully saturated rings. The lowest BCUT2D eigenvalue weighted by molar-refractivity contribution is 0.0698. The van der Waals surface area contributed by atoms with Gasteiger partial charge in [-0.2, -0.15) is 0 Å².